The third-order valence-electron chi connectivity index (χ3n) is 4.13. The molecule has 2 aromatic carbocycles. The topological polar surface area (TPSA) is 62.3 Å². The van der Waals surface area contributed by atoms with Crippen LogP contribution >= 0.6 is 23.1 Å². The lowest BCUT2D eigenvalue weighted by Crippen LogP contribution is -2.27. The lowest BCUT2D eigenvalue weighted by molar-refractivity contribution is 0.0948. The Hall–Kier alpha value is -2.64. The molecule has 4 rings (SSSR count). The van der Waals surface area contributed by atoms with Crippen LogP contribution in [0.2, 0.25) is 0 Å². The predicted octanol–water partition coefficient (Wildman–Crippen LogP) is 3.81. The van der Waals surface area contributed by atoms with Crippen molar-refractivity contribution < 1.29 is 9.59 Å². The Balaban J connectivity index is 1.62. The van der Waals surface area contributed by atoms with E-state index >= 15 is 0 Å². The highest BCUT2D eigenvalue weighted by Crippen LogP contribution is 2.41. The summed E-state index contributed by atoms with van der Waals surface area (Å²) in [6, 6.07) is 13.0. The first-order valence-corrected chi connectivity index (χ1v) is 9.67. The summed E-state index contributed by atoms with van der Waals surface area (Å²) in [5, 5.41) is 2.89. The average molecular weight is 381 g/mol. The van der Waals surface area contributed by atoms with E-state index < -0.39 is 0 Å². The van der Waals surface area contributed by atoms with Crippen molar-refractivity contribution in [2.45, 2.75) is 16.3 Å². The van der Waals surface area contributed by atoms with Crippen LogP contribution in [-0.2, 0) is 6.54 Å². The second kappa shape index (κ2) is 6.93. The molecule has 1 aliphatic heterocycles. The fraction of sp³-hybridized carbons (Fsp3) is 0.105. The van der Waals surface area contributed by atoms with E-state index in [-0.39, 0.29) is 11.8 Å². The number of nitrogens with one attached hydrogen (secondary N) is 1. The molecule has 0 spiro atoms. The number of hydrogen-bond donors (Lipinski definition) is 1. The zero-order valence-electron chi connectivity index (χ0n) is 13.9. The lowest BCUT2D eigenvalue weighted by atomic mass is 10.1. The predicted molar refractivity (Wildman–Crippen MR) is 103 cm³/mol. The van der Waals surface area contributed by atoms with E-state index in [1.807, 2.05) is 30.3 Å². The van der Waals surface area contributed by atoms with Crippen LogP contribution in [0.5, 0.6) is 0 Å². The monoisotopic (exact) mass is 381 g/mol. The van der Waals surface area contributed by atoms with Crippen LogP contribution in [0, 0.1) is 0 Å². The molecule has 0 bridgehead atoms. The van der Waals surface area contributed by atoms with Crippen LogP contribution < -0.4 is 10.2 Å². The standard InChI is InChI=1S/C19H15N3O2S2/c1-22-15-8-12(18(23)21-10-13-9-20-11-25-13)6-7-17(15)26-16-5-3-2-4-14(16)19(22)24/h2-9,11H,10H2,1H3,(H,21,23). The van der Waals surface area contributed by atoms with Crippen molar-refractivity contribution in [1.29, 1.82) is 0 Å². The van der Waals surface area contributed by atoms with Crippen molar-refractivity contribution in [3.8, 4) is 0 Å². The molecule has 130 valence electrons. The van der Waals surface area contributed by atoms with Gasteiger partial charge in [-0.1, -0.05) is 23.9 Å². The van der Waals surface area contributed by atoms with E-state index in [4.69, 9.17) is 0 Å². The largest absolute Gasteiger partial charge is 0.347 e. The van der Waals surface area contributed by atoms with Gasteiger partial charge in [0.1, 0.15) is 0 Å². The quantitative estimate of drug-likeness (QED) is 0.749. The molecule has 3 aromatic rings. The Morgan fingerprint density at radius 1 is 1.19 bits per heavy atom. The first-order valence-electron chi connectivity index (χ1n) is 7.98. The summed E-state index contributed by atoms with van der Waals surface area (Å²) in [7, 11) is 1.74. The Morgan fingerprint density at radius 2 is 2.04 bits per heavy atom. The number of amides is 2. The number of anilines is 1. The maximum absolute atomic E-state index is 12.8. The highest BCUT2D eigenvalue weighted by Gasteiger charge is 2.25. The summed E-state index contributed by atoms with van der Waals surface area (Å²) in [6.45, 7) is 0.440. The third kappa shape index (κ3) is 3.11. The van der Waals surface area contributed by atoms with E-state index in [2.05, 4.69) is 10.3 Å². The van der Waals surface area contributed by atoms with E-state index in [0.717, 1.165) is 20.4 Å². The number of thiazole rings is 1. The highest BCUT2D eigenvalue weighted by atomic mass is 32.2. The second-order valence-electron chi connectivity index (χ2n) is 5.80. The van der Waals surface area contributed by atoms with Gasteiger partial charge in [0.25, 0.3) is 11.8 Å². The fourth-order valence-corrected chi connectivity index (χ4v) is 4.37. The van der Waals surface area contributed by atoms with E-state index in [1.165, 1.54) is 11.3 Å². The van der Waals surface area contributed by atoms with Crippen molar-refractivity contribution >= 4 is 40.6 Å². The van der Waals surface area contributed by atoms with Crippen LogP contribution in [0.15, 0.2) is 64.0 Å². The maximum atomic E-state index is 12.8. The molecule has 5 nitrogen and oxygen atoms in total. The van der Waals surface area contributed by atoms with Gasteiger partial charge in [0.15, 0.2) is 0 Å². The number of aromatic nitrogens is 1. The number of carbonyl (C=O) groups is 2. The Bertz CT molecular complexity index is 986. The maximum Gasteiger partial charge on any atom is 0.259 e. The molecule has 0 atom stereocenters. The Labute approximate surface area is 159 Å². The molecule has 0 unspecified atom stereocenters. The second-order valence-corrected chi connectivity index (χ2v) is 7.85. The molecule has 1 aliphatic rings. The summed E-state index contributed by atoms with van der Waals surface area (Å²) in [4.78, 5) is 33.7. The molecule has 1 aromatic heterocycles. The van der Waals surface area contributed by atoms with Gasteiger partial charge < -0.3 is 10.2 Å². The SMILES string of the molecule is CN1C(=O)c2ccccc2Sc2ccc(C(=O)NCc3cncs3)cc21. The summed E-state index contributed by atoms with van der Waals surface area (Å²) in [5.41, 5.74) is 3.67. The smallest absolute Gasteiger partial charge is 0.259 e. The molecule has 0 radical (unpaired) electrons. The van der Waals surface area contributed by atoms with Crippen LogP contribution in [-0.4, -0.2) is 23.8 Å². The first-order chi connectivity index (χ1) is 12.6. The van der Waals surface area contributed by atoms with Crippen molar-refractivity contribution in [1.82, 2.24) is 10.3 Å². The van der Waals surface area contributed by atoms with Crippen LogP contribution in [0.25, 0.3) is 0 Å². The van der Waals surface area contributed by atoms with Gasteiger partial charge in [-0.15, -0.1) is 11.3 Å². The number of nitrogens with zero attached hydrogens (tertiary/aromatic N) is 2. The normalized spacial score (nSPS) is 13.0. The average Bonchev–Trinajstić information content (AvgIpc) is 3.16. The van der Waals surface area contributed by atoms with Gasteiger partial charge in [-0.3, -0.25) is 14.6 Å². The molecule has 1 N–H and O–H groups in total. The minimum absolute atomic E-state index is 0.0749. The van der Waals surface area contributed by atoms with Crippen LogP contribution in [0.4, 0.5) is 5.69 Å². The molecular formula is C19H15N3O2S2. The molecule has 2 amide bonds. The highest BCUT2D eigenvalue weighted by molar-refractivity contribution is 7.99. The zero-order chi connectivity index (χ0) is 18.1. The first kappa shape index (κ1) is 16.8. The summed E-state index contributed by atoms with van der Waals surface area (Å²) >= 11 is 3.04. The van der Waals surface area contributed by atoms with Crippen LogP contribution in [0.3, 0.4) is 0 Å². The molecule has 0 fully saturated rings. The number of carbonyl (C=O) groups excluding carboxylic acids is 2. The summed E-state index contributed by atoms with van der Waals surface area (Å²) < 4.78 is 0. The Kier molecular flexibility index (Phi) is 4.48. The van der Waals surface area contributed by atoms with Gasteiger partial charge in [0.05, 0.1) is 23.3 Å². The molecule has 0 saturated carbocycles. The molecule has 2 heterocycles. The number of rotatable bonds is 3. The lowest BCUT2D eigenvalue weighted by Gasteiger charge is -2.18. The Morgan fingerprint density at radius 3 is 2.85 bits per heavy atom. The number of benzene rings is 2. The van der Waals surface area contributed by atoms with E-state index in [9.17, 15) is 9.59 Å². The van der Waals surface area contributed by atoms with Gasteiger partial charge in [0, 0.05) is 33.5 Å². The van der Waals surface area contributed by atoms with Gasteiger partial charge in [-0.2, -0.15) is 0 Å². The minimum Gasteiger partial charge on any atom is -0.347 e. The number of fused-ring (bicyclic) bond motifs is 2. The van der Waals surface area contributed by atoms with E-state index in [1.54, 1.807) is 47.5 Å². The van der Waals surface area contributed by atoms with Crippen molar-refractivity contribution in [3.05, 3.63) is 70.2 Å². The van der Waals surface area contributed by atoms with Crippen LogP contribution in [0.1, 0.15) is 25.6 Å². The van der Waals surface area contributed by atoms with Crippen molar-refractivity contribution in [2.24, 2.45) is 0 Å². The van der Waals surface area contributed by atoms with Crippen molar-refractivity contribution in [3.63, 3.8) is 0 Å². The minimum atomic E-state index is -0.172. The summed E-state index contributed by atoms with van der Waals surface area (Å²) in [5.74, 6) is -0.247. The fourth-order valence-electron chi connectivity index (χ4n) is 2.75. The molecule has 0 saturated heterocycles. The van der Waals surface area contributed by atoms with Gasteiger partial charge in [-0.05, 0) is 30.3 Å². The van der Waals surface area contributed by atoms with E-state index in [0.29, 0.717) is 17.7 Å². The van der Waals surface area contributed by atoms with Crippen molar-refractivity contribution in [2.75, 3.05) is 11.9 Å². The number of hydrogen-bond acceptors (Lipinski definition) is 5. The molecule has 7 heteroatoms. The zero-order valence-corrected chi connectivity index (χ0v) is 15.6. The third-order valence-corrected chi connectivity index (χ3v) is 6.05. The van der Waals surface area contributed by atoms with Gasteiger partial charge >= 0.3 is 0 Å². The van der Waals surface area contributed by atoms with Gasteiger partial charge in [0.2, 0.25) is 0 Å². The van der Waals surface area contributed by atoms with Gasteiger partial charge in [-0.25, -0.2) is 0 Å². The summed E-state index contributed by atoms with van der Waals surface area (Å²) in [6.07, 6.45) is 1.74. The molecule has 0 aliphatic carbocycles. The molecular weight excluding hydrogens is 366 g/mol. The molecule has 26 heavy (non-hydrogen) atoms.